The van der Waals surface area contributed by atoms with E-state index in [9.17, 15) is 9.90 Å². The summed E-state index contributed by atoms with van der Waals surface area (Å²) < 4.78 is 5.41. The Balaban J connectivity index is 2.10. The van der Waals surface area contributed by atoms with E-state index in [2.05, 4.69) is 16.7 Å². The van der Waals surface area contributed by atoms with Crippen LogP contribution in [-0.2, 0) is 0 Å². The van der Waals surface area contributed by atoms with Crippen molar-refractivity contribution in [3.05, 3.63) is 23.7 Å². The molecule has 1 aromatic rings. The molecule has 1 atom stereocenters. The van der Waals surface area contributed by atoms with E-state index in [-0.39, 0.29) is 18.1 Å². The van der Waals surface area contributed by atoms with Gasteiger partial charge in [0, 0.05) is 0 Å². The van der Waals surface area contributed by atoms with Gasteiger partial charge in [0.15, 0.2) is 12.0 Å². The zero-order chi connectivity index (χ0) is 14.5. The zero-order valence-corrected chi connectivity index (χ0v) is 11.7. The summed E-state index contributed by atoms with van der Waals surface area (Å²) in [5.74, 6) is 1.45. The predicted molar refractivity (Wildman–Crippen MR) is 77.8 cm³/mol. The number of aldehydes is 1. The second-order valence-corrected chi connectivity index (χ2v) is 5.19. The summed E-state index contributed by atoms with van der Waals surface area (Å²) in [6, 6.07) is 3.58. The fourth-order valence-electron chi connectivity index (χ4n) is 2.46. The smallest absolute Gasteiger partial charge is 0.185 e. The molecule has 1 unspecified atom stereocenters. The molecule has 5 heteroatoms. The standard InChI is InChI=1S/C15H20N2O3/c1-10(14-8-7-13(9-18)20-14)15(16-2)17-11-3-5-12(19)6-4-11/h7-12,19H,2-6H2,1H3. The molecule has 0 aliphatic heterocycles. The largest absolute Gasteiger partial charge is 0.458 e. The van der Waals surface area contributed by atoms with Gasteiger partial charge in [-0.25, -0.2) is 4.99 Å². The highest BCUT2D eigenvalue weighted by Crippen LogP contribution is 2.25. The molecular weight excluding hydrogens is 256 g/mol. The van der Waals surface area contributed by atoms with Gasteiger partial charge in [-0.05, 0) is 51.5 Å². The van der Waals surface area contributed by atoms with E-state index >= 15 is 0 Å². The molecular formula is C15H20N2O3. The van der Waals surface area contributed by atoms with Gasteiger partial charge in [0.05, 0.1) is 18.1 Å². The minimum atomic E-state index is -0.195. The highest BCUT2D eigenvalue weighted by molar-refractivity contribution is 5.91. The van der Waals surface area contributed by atoms with Crippen LogP contribution in [0, 0.1) is 0 Å². The summed E-state index contributed by atoms with van der Waals surface area (Å²) in [5, 5.41) is 9.50. The maximum atomic E-state index is 10.6. The molecule has 108 valence electrons. The van der Waals surface area contributed by atoms with E-state index in [0.717, 1.165) is 25.7 Å². The van der Waals surface area contributed by atoms with E-state index in [1.165, 1.54) is 0 Å². The van der Waals surface area contributed by atoms with Crippen molar-refractivity contribution in [2.24, 2.45) is 9.98 Å². The van der Waals surface area contributed by atoms with E-state index < -0.39 is 0 Å². The van der Waals surface area contributed by atoms with Crippen molar-refractivity contribution in [1.29, 1.82) is 0 Å². The Hall–Kier alpha value is -1.75. The molecule has 1 N–H and O–H groups in total. The number of aliphatic imine (C=N–C) groups is 2. The quantitative estimate of drug-likeness (QED) is 0.522. The Labute approximate surface area is 118 Å². The lowest BCUT2D eigenvalue weighted by molar-refractivity contribution is 0.109. The normalized spacial score (nSPS) is 25.2. The summed E-state index contributed by atoms with van der Waals surface area (Å²) in [6.07, 6.45) is 3.78. The van der Waals surface area contributed by atoms with Crippen molar-refractivity contribution in [3.8, 4) is 0 Å². The van der Waals surface area contributed by atoms with Crippen LogP contribution in [0.15, 0.2) is 26.5 Å². The highest BCUT2D eigenvalue weighted by atomic mass is 16.3. The molecule has 2 rings (SSSR count). The van der Waals surface area contributed by atoms with Gasteiger partial charge in [-0.15, -0.1) is 0 Å². The molecule has 0 spiro atoms. The third-order valence-electron chi connectivity index (χ3n) is 3.72. The van der Waals surface area contributed by atoms with Gasteiger partial charge in [-0.3, -0.25) is 9.79 Å². The molecule has 0 saturated heterocycles. The van der Waals surface area contributed by atoms with Gasteiger partial charge in [0.1, 0.15) is 11.6 Å². The van der Waals surface area contributed by atoms with Crippen LogP contribution in [0.25, 0.3) is 0 Å². The van der Waals surface area contributed by atoms with Crippen molar-refractivity contribution in [3.63, 3.8) is 0 Å². The Bertz CT molecular complexity index is 499. The fraction of sp³-hybridized carbons (Fsp3) is 0.533. The third kappa shape index (κ3) is 3.42. The first kappa shape index (κ1) is 14.7. The van der Waals surface area contributed by atoms with Gasteiger partial charge >= 0.3 is 0 Å². The first-order valence-corrected chi connectivity index (χ1v) is 6.91. The number of hydrogen-bond acceptors (Lipinski definition) is 4. The second-order valence-electron chi connectivity index (χ2n) is 5.19. The zero-order valence-electron chi connectivity index (χ0n) is 11.7. The molecule has 1 aromatic heterocycles. The SMILES string of the molecule is C=NC(=NC1CCC(O)CC1)C(C)c1ccc(C=O)o1. The molecule has 5 nitrogen and oxygen atoms in total. The average molecular weight is 276 g/mol. The fourth-order valence-corrected chi connectivity index (χ4v) is 2.46. The number of nitrogens with zero attached hydrogens (tertiary/aromatic N) is 2. The van der Waals surface area contributed by atoms with Gasteiger partial charge in [0.25, 0.3) is 0 Å². The first-order chi connectivity index (χ1) is 9.63. The van der Waals surface area contributed by atoms with E-state index in [4.69, 9.17) is 4.42 Å². The van der Waals surface area contributed by atoms with Crippen LogP contribution in [0.5, 0.6) is 0 Å². The van der Waals surface area contributed by atoms with Crippen molar-refractivity contribution in [1.82, 2.24) is 0 Å². The Morgan fingerprint density at radius 1 is 1.45 bits per heavy atom. The first-order valence-electron chi connectivity index (χ1n) is 6.91. The van der Waals surface area contributed by atoms with Crippen LogP contribution < -0.4 is 0 Å². The van der Waals surface area contributed by atoms with Gasteiger partial charge in [-0.2, -0.15) is 0 Å². The number of carbonyl (C=O) groups is 1. The van der Waals surface area contributed by atoms with Crippen LogP contribution in [0.3, 0.4) is 0 Å². The van der Waals surface area contributed by atoms with Crippen molar-refractivity contribution in [2.45, 2.75) is 50.7 Å². The lowest BCUT2D eigenvalue weighted by Gasteiger charge is -2.23. The Morgan fingerprint density at radius 2 is 2.15 bits per heavy atom. The Morgan fingerprint density at radius 3 is 2.70 bits per heavy atom. The molecule has 0 bridgehead atoms. The number of amidine groups is 1. The second kappa shape index (κ2) is 6.61. The lowest BCUT2D eigenvalue weighted by atomic mass is 9.93. The number of aliphatic hydroxyl groups is 1. The maximum Gasteiger partial charge on any atom is 0.185 e. The van der Waals surface area contributed by atoms with E-state index in [1.54, 1.807) is 12.1 Å². The molecule has 1 aliphatic rings. The summed E-state index contributed by atoms with van der Waals surface area (Å²) in [4.78, 5) is 19.3. The summed E-state index contributed by atoms with van der Waals surface area (Å²) in [5.41, 5.74) is 0. The molecule has 1 aliphatic carbocycles. The van der Waals surface area contributed by atoms with Gasteiger partial charge < -0.3 is 9.52 Å². The monoisotopic (exact) mass is 276 g/mol. The number of aliphatic hydroxyl groups excluding tert-OH is 1. The van der Waals surface area contributed by atoms with Crippen LogP contribution in [-0.4, -0.2) is 36.1 Å². The summed E-state index contributed by atoms with van der Waals surface area (Å²) in [6.45, 7) is 5.50. The van der Waals surface area contributed by atoms with Gasteiger partial charge in [0.2, 0.25) is 0 Å². The van der Waals surface area contributed by atoms with Crippen LogP contribution in [0.1, 0.15) is 54.8 Å². The molecule has 0 aromatic carbocycles. The predicted octanol–water partition coefficient (Wildman–Crippen LogP) is 2.60. The molecule has 0 amide bonds. The third-order valence-corrected chi connectivity index (χ3v) is 3.72. The minimum Gasteiger partial charge on any atom is -0.458 e. The average Bonchev–Trinajstić information content (AvgIpc) is 2.95. The molecule has 1 heterocycles. The van der Waals surface area contributed by atoms with Crippen LogP contribution >= 0.6 is 0 Å². The van der Waals surface area contributed by atoms with Crippen molar-refractivity contribution < 1.29 is 14.3 Å². The summed E-state index contributed by atoms with van der Waals surface area (Å²) >= 11 is 0. The number of carbonyl (C=O) groups excluding carboxylic acids is 1. The molecule has 20 heavy (non-hydrogen) atoms. The lowest BCUT2D eigenvalue weighted by Crippen LogP contribution is -2.22. The Kier molecular flexibility index (Phi) is 4.84. The van der Waals surface area contributed by atoms with E-state index in [1.807, 2.05) is 6.92 Å². The molecule has 1 saturated carbocycles. The topological polar surface area (TPSA) is 75.2 Å². The number of furan rings is 1. The van der Waals surface area contributed by atoms with Crippen LogP contribution in [0.4, 0.5) is 0 Å². The number of rotatable bonds is 4. The minimum absolute atomic E-state index is 0.131. The van der Waals surface area contributed by atoms with Crippen LogP contribution in [0.2, 0.25) is 0 Å². The summed E-state index contributed by atoms with van der Waals surface area (Å²) in [7, 11) is 0. The van der Waals surface area contributed by atoms with Crippen molar-refractivity contribution in [2.75, 3.05) is 0 Å². The van der Waals surface area contributed by atoms with Crippen molar-refractivity contribution >= 4 is 18.8 Å². The maximum absolute atomic E-state index is 10.6. The van der Waals surface area contributed by atoms with E-state index in [0.29, 0.717) is 23.6 Å². The molecule has 0 radical (unpaired) electrons. The highest BCUT2D eigenvalue weighted by Gasteiger charge is 2.22. The number of hydrogen-bond donors (Lipinski definition) is 1. The van der Waals surface area contributed by atoms with Gasteiger partial charge in [-0.1, -0.05) is 0 Å². The molecule has 1 fully saturated rings.